The molecule has 0 aliphatic rings. The first-order chi connectivity index (χ1) is 11.5. The quantitative estimate of drug-likeness (QED) is 0.841. The van der Waals surface area contributed by atoms with Gasteiger partial charge in [0.05, 0.1) is 7.11 Å². The zero-order chi connectivity index (χ0) is 17.5. The van der Waals surface area contributed by atoms with Gasteiger partial charge in [-0.2, -0.15) is 8.78 Å². The standard InChI is InChI=1S/C18H19F2NO3/c1-12-3-8-16(23-2)14(11-12)9-10-21-17(22)13-4-6-15(7-5-13)24-18(19)20/h3-8,11,18H,9-10H2,1-2H3,(H,21,22). The van der Waals surface area contributed by atoms with E-state index in [1.807, 2.05) is 25.1 Å². The first-order valence-corrected chi connectivity index (χ1v) is 7.46. The van der Waals surface area contributed by atoms with Gasteiger partial charge in [0.15, 0.2) is 0 Å². The van der Waals surface area contributed by atoms with E-state index in [1.165, 1.54) is 24.3 Å². The lowest BCUT2D eigenvalue weighted by atomic mass is 10.1. The molecule has 2 aromatic carbocycles. The Morgan fingerprint density at radius 2 is 1.88 bits per heavy atom. The summed E-state index contributed by atoms with van der Waals surface area (Å²) in [6.07, 6.45) is 0.628. The Hall–Kier alpha value is -2.63. The van der Waals surface area contributed by atoms with E-state index in [1.54, 1.807) is 7.11 Å². The fourth-order valence-electron chi connectivity index (χ4n) is 2.30. The van der Waals surface area contributed by atoms with Crippen molar-refractivity contribution in [1.82, 2.24) is 5.32 Å². The number of rotatable bonds is 7. The summed E-state index contributed by atoms with van der Waals surface area (Å²) in [6, 6.07) is 11.4. The van der Waals surface area contributed by atoms with Gasteiger partial charge in [0.1, 0.15) is 11.5 Å². The highest BCUT2D eigenvalue weighted by atomic mass is 19.3. The molecule has 6 heteroatoms. The molecule has 0 aliphatic heterocycles. The van der Waals surface area contributed by atoms with Crippen molar-refractivity contribution in [1.29, 1.82) is 0 Å². The van der Waals surface area contributed by atoms with Crippen LogP contribution in [0.4, 0.5) is 8.78 Å². The maximum Gasteiger partial charge on any atom is 0.387 e. The Morgan fingerprint density at radius 3 is 2.50 bits per heavy atom. The van der Waals surface area contributed by atoms with Gasteiger partial charge in [-0.3, -0.25) is 4.79 Å². The number of hydrogen-bond acceptors (Lipinski definition) is 3. The summed E-state index contributed by atoms with van der Waals surface area (Å²) in [5.74, 6) is 0.527. The molecule has 24 heavy (non-hydrogen) atoms. The van der Waals surface area contributed by atoms with Crippen molar-refractivity contribution >= 4 is 5.91 Å². The Kier molecular flexibility index (Phi) is 6.12. The minimum atomic E-state index is -2.88. The number of hydrogen-bond donors (Lipinski definition) is 1. The zero-order valence-corrected chi connectivity index (χ0v) is 13.5. The van der Waals surface area contributed by atoms with E-state index in [0.29, 0.717) is 18.5 Å². The Labute approximate surface area is 139 Å². The summed E-state index contributed by atoms with van der Waals surface area (Å²) in [7, 11) is 1.61. The average Bonchev–Trinajstić information content (AvgIpc) is 2.55. The molecule has 1 N–H and O–H groups in total. The number of carbonyl (C=O) groups is 1. The highest BCUT2D eigenvalue weighted by Gasteiger charge is 2.09. The molecule has 0 fully saturated rings. The van der Waals surface area contributed by atoms with Crippen molar-refractivity contribution in [3.8, 4) is 11.5 Å². The van der Waals surface area contributed by atoms with Crippen LogP contribution in [-0.4, -0.2) is 26.2 Å². The van der Waals surface area contributed by atoms with Crippen molar-refractivity contribution in [2.75, 3.05) is 13.7 Å². The molecule has 0 atom stereocenters. The van der Waals surface area contributed by atoms with Gasteiger partial charge in [-0.05, 0) is 49.2 Å². The second-order valence-electron chi connectivity index (χ2n) is 5.22. The van der Waals surface area contributed by atoms with Gasteiger partial charge < -0.3 is 14.8 Å². The van der Waals surface area contributed by atoms with E-state index in [9.17, 15) is 13.6 Å². The molecule has 4 nitrogen and oxygen atoms in total. The van der Waals surface area contributed by atoms with E-state index >= 15 is 0 Å². The minimum absolute atomic E-state index is 0.0195. The molecular weight excluding hydrogens is 316 g/mol. The summed E-state index contributed by atoms with van der Waals surface area (Å²) in [6.45, 7) is -0.452. The van der Waals surface area contributed by atoms with Crippen LogP contribution < -0.4 is 14.8 Å². The van der Waals surface area contributed by atoms with Crippen molar-refractivity contribution < 1.29 is 23.0 Å². The molecule has 128 valence electrons. The molecular formula is C18H19F2NO3. The SMILES string of the molecule is COc1ccc(C)cc1CCNC(=O)c1ccc(OC(F)F)cc1. The number of halogens is 2. The second kappa shape index (κ2) is 8.29. The average molecular weight is 335 g/mol. The van der Waals surface area contributed by atoms with Crippen LogP contribution in [0.5, 0.6) is 11.5 Å². The van der Waals surface area contributed by atoms with Crippen molar-refractivity contribution in [2.24, 2.45) is 0 Å². The second-order valence-corrected chi connectivity index (χ2v) is 5.22. The lowest BCUT2D eigenvalue weighted by molar-refractivity contribution is -0.0498. The highest BCUT2D eigenvalue weighted by Crippen LogP contribution is 2.20. The molecule has 0 unspecified atom stereocenters. The number of amides is 1. The molecule has 0 bridgehead atoms. The van der Waals surface area contributed by atoms with Crippen molar-refractivity contribution in [2.45, 2.75) is 20.0 Å². The molecule has 0 aromatic heterocycles. The van der Waals surface area contributed by atoms with Crippen LogP contribution in [0.2, 0.25) is 0 Å². The number of nitrogens with one attached hydrogen (secondary N) is 1. The fraction of sp³-hybridized carbons (Fsp3) is 0.278. The number of carbonyl (C=O) groups excluding carboxylic acids is 1. The molecule has 0 radical (unpaired) electrons. The van der Waals surface area contributed by atoms with Crippen LogP contribution in [0.1, 0.15) is 21.5 Å². The van der Waals surface area contributed by atoms with Gasteiger partial charge in [-0.25, -0.2) is 0 Å². The Bertz CT molecular complexity index is 687. The summed E-state index contributed by atoms with van der Waals surface area (Å²) in [4.78, 5) is 12.1. The first-order valence-electron chi connectivity index (χ1n) is 7.46. The van der Waals surface area contributed by atoms with E-state index in [2.05, 4.69) is 10.1 Å². The van der Waals surface area contributed by atoms with Crippen molar-refractivity contribution in [3.63, 3.8) is 0 Å². The van der Waals surface area contributed by atoms with E-state index in [-0.39, 0.29) is 11.7 Å². The molecule has 2 aromatic rings. The van der Waals surface area contributed by atoms with Gasteiger partial charge in [0.25, 0.3) is 5.91 Å². The molecule has 0 saturated carbocycles. The van der Waals surface area contributed by atoms with Crippen LogP contribution in [-0.2, 0) is 6.42 Å². The maximum absolute atomic E-state index is 12.1. The largest absolute Gasteiger partial charge is 0.496 e. The predicted molar refractivity (Wildman–Crippen MR) is 86.8 cm³/mol. The summed E-state index contributed by atoms with van der Waals surface area (Å²) < 4.78 is 33.7. The summed E-state index contributed by atoms with van der Waals surface area (Å²) >= 11 is 0. The zero-order valence-electron chi connectivity index (χ0n) is 13.5. The van der Waals surface area contributed by atoms with E-state index < -0.39 is 6.61 Å². The van der Waals surface area contributed by atoms with Crippen LogP contribution in [0.25, 0.3) is 0 Å². The smallest absolute Gasteiger partial charge is 0.387 e. The van der Waals surface area contributed by atoms with E-state index in [4.69, 9.17) is 4.74 Å². The number of methoxy groups -OCH3 is 1. The third kappa shape index (κ3) is 4.94. The van der Waals surface area contributed by atoms with Gasteiger partial charge in [-0.15, -0.1) is 0 Å². The molecule has 0 aliphatic carbocycles. The predicted octanol–water partition coefficient (Wildman–Crippen LogP) is 3.58. The fourth-order valence-corrected chi connectivity index (χ4v) is 2.30. The number of alkyl halides is 2. The van der Waals surface area contributed by atoms with Gasteiger partial charge in [-0.1, -0.05) is 17.7 Å². The third-order valence-corrected chi connectivity index (χ3v) is 3.46. The van der Waals surface area contributed by atoms with Crippen LogP contribution in [0.3, 0.4) is 0 Å². The monoisotopic (exact) mass is 335 g/mol. The molecule has 2 rings (SSSR count). The molecule has 0 saturated heterocycles. The van der Waals surface area contributed by atoms with Gasteiger partial charge in [0.2, 0.25) is 0 Å². The summed E-state index contributed by atoms with van der Waals surface area (Å²) in [5.41, 5.74) is 2.51. The molecule has 0 spiro atoms. The highest BCUT2D eigenvalue weighted by molar-refractivity contribution is 5.94. The number of ether oxygens (including phenoxy) is 2. The van der Waals surface area contributed by atoms with Crippen molar-refractivity contribution in [3.05, 3.63) is 59.2 Å². The van der Waals surface area contributed by atoms with Gasteiger partial charge >= 0.3 is 6.61 Å². The molecule has 0 heterocycles. The molecule has 1 amide bonds. The third-order valence-electron chi connectivity index (χ3n) is 3.46. The first kappa shape index (κ1) is 17.7. The normalized spacial score (nSPS) is 10.5. The van der Waals surface area contributed by atoms with E-state index in [0.717, 1.165) is 16.9 Å². The maximum atomic E-state index is 12.1. The summed E-state index contributed by atoms with van der Waals surface area (Å²) in [5, 5.41) is 2.79. The van der Waals surface area contributed by atoms with Crippen LogP contribution in [0, 0.1) is 6.92 Å². The minimum Gasteiger partial charge on any atom is -0.496 e. The van der Waals surface area contributed by atoms with Crippen LogP contribution in [0.15, 0.2) is 42.5 Å². The van der Waals surface area contributed by atoms with Crippen LogP contribution >= 0.6 is 0 Å². The number of benzene rings is 2. The number of aryl methyl sites for hydroxylation is 1. The topological polar surface area (TPSA) is 47.6 Å². The van der Waals surface area contributed by atoms with Gasteiger partial charge in [0, 0.05) is 12.1 Å². The Balaban J connectivity index is 1.90. The lowest BCUT2D eigenvalue weighted by Crippen LogP contribution is -2.25. The lowest BCUT2D eigenvalue weighted by Gasteiger charge is -2.10. The Morgan fingerprint density at radius 1 is 1.17 bits per heavy atom.